The molecule has 1 aromatic carbocycles. The number of nitrogens with two attached hydrogens (primary N) is 1. The first-order valence-corrected chi connectivity index (χ1v) is 6.91. The van der Waals surface area contributed by atoms with Gasteiger partial charge in [0.05, 0.1) is 0 Å². The second-order valence-electron chi connectivity index (χ2n) is 5.80. The van der Waals surface area contributed by atoms with Gasteiger partial charge >= 0.3 is 0 Å². The summed E-state index contributed by atoms with van der Waals surface area (Å²) < 4.78 is 13.1. The Morgan fingerprint density at radius 3 is 2.57 bits per heavy atom. The highest BCUT2D eigenvalue weighted by atomic mass is 19.1. The zero-order valence-electron chi connectivity index (χ0n) is 12.3. The molecule has 0 bridgehead atoms. The van der Waals surface area contributed by atoms with Crippen LogP contribution in [0.15, 0.2) is 23.4 Å². The van der Waals surface area contributed by atoms with Crippen molar-refractivity contribution >= 4 is 11.7 Å². The van der Waals surface area contributed by atoms with E-state index in [4.69, 9.17) is 10.9 Å². The molecule has 1 fully saturated rings. The van der Waals surface area contributed by atoms with Gasteiger partial charge in [0, 0.05) is 24.1 Å². The van der Waals surface area contributed by atoms with Crippen molar-refractivity contribution in [2.45, 2.75) is 26.7 Å². The van der Waals surface area contributed by atoms with Crippen molar-refractivity contribution in [3.05, 3.63) is 35.1 Å². The number of amidine groups is 1. The van der Waals surface area contributed by atoms with Gasteiger partial charge in [-0.25, -0.2) is 4.39 Å². The molecule has 1 aliphatic heterocycles. The predicted octanol–water partition coefficient (Wildman–Crippen LogP) is 2.12. The van der Waals surface area contributed by atoms with Gasteiger partial charge in [-0.2, -0.15) is 0 Å². The van der Waals surface area contributed by atoms with Crippen molar-refractivity contribution in [3.63, 3.8) is 0 Å². The van der Waals surface area contributed by atoms with E-state index < -0.39 is 0 Å². The highest BCUT2D eigenvalue weighted by molar-refractivity contribution is 5.96. The van der Waals surface area contributed by atoms with Crippen LogP contribution in [-0.2, 0) is 0 Å². The van der Waals surface area contributed by atoms with Crippen molar-refractivity contribution in [1.29, 1.82) is 0 Å². The van der Waals surface area contributed by atoms with Crippen LogP contribution in [0.2, 0.25) is 0 Å². The van der Waals surface area contributed by atoms with Crippen LogP contribution in [0, 0.1) is 18.2 Å². The number of carbonyl (C=O) groups excluding carboxylic acids is 1. The molecule has 2 rings (SSSR count). The number of likely N-dealkylation sites (tertiary alicyclic amines) is 1. The van der Waals surface area contributed by atoms with Crippen LogP contribution in [0.5, 0.6) is 0 Å². The average Bonchev–Trinajstić information content (AvgIpc) is 2.46. The molecule has 1 saturated heterocycles. The molecule has 3 N–H and O–H groups in total. The molecule has 0 aromatic heterocycles. The molecule has 21 heavy (non-hydrogen) atoms. The molecular weight excluding hydrogens is 273 g/mol. The molecule has 0 atom stereocenters. The minimum Gasteiger partial charge on any atom is -0.409 e. The smallest absolute Gasteiger partial charge is 0.254 e. The van der Waals surface area contributed by atoms with Gasteiger partial charge in [-0.15, -0.1) is 0 Å². The van der Waals surface area contributed by atoms with Gasteiger partial charge < -0.3 is 15.8 Å². The second kappa shape index (κ2) is 5.71. The monoisotopic (exact) mass is 293 g/mol. The molecule has 0 aliphatic carbocycles. The molecule has 1 amide bonds. The van der Waals surface area contributed by atoms with Gasteiger partial charge in [-0.05, 0) is 43.5 Å². The number of rotatable bonds is 2. The van der Waals surface area contributed by atoms with Crippen LogP contribution < -0.4 is 5.73 Å². The molecule has 0 spiro atoms. The molecule has 114 valence electrons. The van der Waals surface area contributed by atoms with E-state index in [1.807, 2.05) is 6.92 Å². The third kappa shape index (κ3) is 2.99. The number of oxime groups is 1. The maximum absolute atomic E-state index is 13.1. The zero-order valence-corrected chi connectivity index (χ0v) is 12.3. The number of aryl methyl sites for hydroxylation is 1. The predicted molar refractivity (Wildman–Crippen MR) is 77.8 cm³/mol. The highest BCUT2D eigenvalue weighted by Gasteiger charge is 2.36. The lowest BCUT2D eigenvalue weighted by molar-refractivity contribution is 0.0665. The number of hydrogen-bond donors (Lipinski definition) is 2. The summed E-state index contributed by atoms with van der Waals surface area (Å²) >= 11 is 0. The number of nitrogens with zero attached hydrogens (tertiary/aromatic N) is 2. The first-order valence-electron chi connectivity index (χ1n) is 6.91. The molecule has 0 radical (unpaired) electrons. The standard InChI is InChI=1S/C15H20FN3O2/c1-10-9-11(16)3-4-12(10)13(20)19-7-5-15(2,6-8-19)14(17)18-21/h3-4,9,21H,5-8H2,1-2H3,(H2,17,18). The fraction of sp³-hybridized carbons (Fsp3) is 0.467. The number of carbonyl (C=O) groups is 1. The van der Waals surface area contributed by atoms with Crippen molar-refractivity contribution in [2.75, 3.05) is 13.1 Å². The summed E-state index contributed by atoms with van der Waals surface area (Å²) in [7, 11) is 0. The van der Waals surface area contributed by atoms with Crippen LogP contribution in [0.25, 0.3) is 0 Å². The number of piperidine rings is 1. The summed E-state index contributed by atoms with van der Waals surface area (Å²) in [5.74, 6) is -0.246. The maximum atomic E-state index is 13.1. The van der Waals surface area contributed by atoms with E-state index in [0.29, 0.717) is 37.1 Å². The summed E-state index contributed by atoms with van der Waals surface area (Å²) in [6, 6.07) is 4.17. The van der Waals surface area contributed by atoms with Gasteiger partial charge in [0.2, 0.25) is 0 Å². The largest absolute Gasteiger partial charge is 0.409 e. The van der Waals surface area contributed by atoms with Crippen LogP contribution in [-0.4, -0.2) is 34.9 Å². The number of hydrogen-bond acceptors (Lipinski definition) is 3. The summed E-state index contributed by atoms with van der Waals surface area (Å²) in [6.45, 7) is 4.71. The van der Waals surface area contributed by atoms with Crippen molar-refractivity contribution in [3.8, 4) is 0 Å². The fourth-order valence-corrected chi connectivity index (χ4v) is 2.62. The fourth-order valence-electron chi connectivity index (χ4n) is 2.62. The lowest BCUT2D eigenvalue weighted by Crippen LogP contribution is -2.47. The SMILES string of the molecule is Cc1cc(F)ccc1C(=O)N1CCC(C)(/C(N)=N/O)CC1. The molecule has 1 heterocycles. The first-order chi connectivity index (χ1) is 9.87. The van der Waals surface area contributed by atoms with Gasteiger partial charge in [-0.1, -0.05) is 12.1 Å². The second-order valence-corrected chi connectivity index (χ2v) is 5.80. The summed E-state index contributed by atoms with van der Waals surface area (Å²) in [6.07, 6.45) is 1.27. The van der Waals surface area contributed by atoms with E-state index in [0.717, 1.165) is 0 Å². The number of amides is 1. The molecule has 1 aromatic rings. The first kappa shape index (κ1) is 15.3. The number of halogens is 1. The Kier molecular flexibility index (Phi) is 4.16. The van der Waals surface area contributed by atoms with E-state index >= 15 is 0 Å². The lowest BCUT2D eigenvalue weighted by Gasteiger charge is -2.38. The summed E-state index contributed by atoms with van der Waals surface area (Å²) in [5, 5.41) is 11.9. The third-order valence-electron chi connectivity index (χ3n) is 4.30. The molecule has 1 aliphatic rings. The van der Waals surface area contributed by atoms with Gasteiger partial charge in [0.25, 0.3) is 5.91 Å². The Morgan fingerprint density at radius 2 is 2.05 bits per heavy atom. The molecular formula is C15H20FN3O2. The number of benzene rings is 1. The van der Waals surface area contributed by atoms with E-state index in [9.17, 15) is 9.18 Å². The van der Waals surface area contributed by atoms with Crippen molar-refractivity contribution < 1.29 is 14.4 Å². The van der Waals surface area contributed by atoms with Crippen LogP contribution in [0.3, 0.4) is 0 Å². The highest BCUT2D eigenvalue weighted by Crippen LogP contribution is 2.31. The Balaban J connectivity index is 2.10. The molecule has 6 heteroatoms. The van der Waals surface area contributed by atoms with E-state index in [2.05, 4.69) is 5.16 Å². The van der Waals surface area contributed by atoms with E-state index in [1.54, 1.807) is 11.8 Å². The van der Waals surface area contributed by atoms with E-state index in [1.165, 1.54) is 18.2 Å². The van der Waals surface area contributed by atoms with Gasteiger partial charge in [0.1, 0.15) is 11.7 Å². The normalized spacial score (nSPS) is 18.6. The Bertz CT molecular complexity index is 578. The third-order valence-corrected chi connectivity index (χ3v) is 4.30. The Labute approximate surface area is 123 Å². The van der Waals surface area contributed by atoms with Crippen LogP contribution >= 0.6 is 0 Å². The van der Waals surface area contributed by atoms with Crippen LogP contribution in [0.1, 0.15) is 35.7 Å². The average molecular weight is 293 g/mol. The zero-order chi connectivity index (χ0) is 15.6. The Hall–Kier alpha value is -2.11. The molecule has 0 unspecified atom stereocenters. The lowest BCUT2D eigenvalue weighted by atomic mass is 9.79. The van der Waals surface area contributed by atoms with Gasteiger partial charge in [-0.3, -0.25) is 4.79 Å². The Morgan fingerprint density at radius 1 is 1.43 bits per heavy atom. The topological polar surface area (TPSA) is 78.9 Å². The van der Waals surface area contributed by atoms with Crippen molar-refractivity contribution in [1.82, 2.24) is 4.90 Å². The van der Waals surface area contributed by atoms with Crippen LogP contribution in [0.4, 0.5) is 4.39 Å². The van der Waals surface area contributed by atoms with E-state index in [-0.39, 0.29) is 23.0 Å². The molecule has 0 saturated carbocycles. The minimum atomic E-state index is -0.386. The minimum absolute atomic E-state index is 0.103. The summed E-state index contributed by atoms with van der Waals surface area (Å²) in [4.78, 5) is 14.2. The summed E-state index contributed by atoms with van der Waals surface area (Å²) in [5.41, 5.74) is 6.47. The quantitative estimate of drug-likeness (QED) is 0.379. The van der Waals surface area contributed by atoms with Crippen molar-refractivity contribution in [2.24, 2.45) is 16.3 Å². The van der Waals surface area contributed by atoms with Gasteiger partial charge in [0.15, 0.2) is 0 Å². The maximum Gasteiger partial charge on any atom is 0.254 e. The molecule has 5 nitrogen and oxygen atoms in total.